The fourth-order valence-corrected chi connectivity index (χ4v) is 3.94. The second kappa shape index (κ2) is 4.83. The quantitative estimate of drug-likeness (QED) is 0.750. The third-order valence-electron chi connectivity index (χ3n) is 2.46. The Morgan fingerprint density at radius 2 is 2.28 bits per heavy atom. The summed E-state index contributed by atoms with van der Waals surface area (Å²) in [6.45, 7) is 2.05. The number of thiazole rings is 1. The Bertz CT molecular complexity index is 688. The van der Waals surface area contributed by atoms with Crippen molar-refractivity contribution in [1.29, 1.82) is 0 Å². The lowest BCUT2D eigenvalue weighted by Gasteiger charge is -2.02. The summed E-state index contributed by atoms with van der Waals surface area (Å²) in [5, 5.41) is 0. The predicted octanol–water partition coefficient (Wildman–Crippen LogP) is 3.44. The first-order valence-electron chi connectivity index (χ1n) is 5.40. The minimum Gasteiger partial charge on any atom is -0.396 e. The number of nitrogen functional groups attached to an aromatic ring is 1. The molecular formula is C11H10N4S3. The standard InChI is InChI=1S/C11H10N4S3/c1-2-8-14-11(18-15-8)17-6-3-4-7-10(9(6)12)13-5-16-7/h3-5H,2,12H2,1H3. The van der Waals surface area contributed by atoms with Gasteiger partial charge in [-0.2, -0.15) is 4.37 Å². The number of hydrogen-bond donors (Lipinski definition) is 1. The Morgan fingerprint density at radius 1 is 1.39 bits per heavy atom. The van der Waals surface area contributed by atoms with Crippen LogP contribution in [0.3, 0.4) is 0 Å². The number of hydrogen-bond acceptors (Lipinski definition) is 7. The summed E-state index contributed by atoms with van der Waals surface area (Å²) < 4.78 is 6.31. The summed E-state index contributed by atoms with van der Waals surface area (Å²) in [5.74, 6) is 0.885. The van der Waals surface area contributed by atoms with Gasteiger partial charge < -0.3 is 5.73 Å². The topological polar surface area (TPSA) is 64.7 Å². The number of fused-ring (bicyclic) bond motifs is 1. The van der Waals surface area contributed by atoms with Crippen LogP contribution in [-0.4, -0.2) is 14.3 Å². The molecule has 0 amide bonds. The molecular weight excluding hydrogens is 284 g/mol. The highest BCUT2D eigenvalue weighted by Gasteiger charge is 2.10. The molecule has 18 heavy (non-hydrogen) atoms. The smallest absolute Gasteiger partial charge is 0.174 e. The summed E-state index contributed by atoms with van der Waals surface area (Å²) in [4.78, 5) is 9.71. The van der Waals surface area contributed by atoms with E-state index in [0.717, 1.165) is 37.4 Å². The first kappa shape index (κ1) is 11.9. The molecule has 0 aliphatic rings. The maximum Gasteiger partial charge on any atom is 0.174 e. The van der Waals surface area contributed by atoms with Crippen LogP contribution in [0.2, 0.25) is 0 Å². The number of benzene rings is 1. The molecule has 3 rings (SSSR count). The van der Waals surface area contributed by atoms with E-state index in [0.29, 0.717) is 0 Å². The van der Waals surface area contributed by atoms with Crippen LogP contribution in [0, 0.1) is 0 Å². The highest BCUT2D eigenvalue weighted by molar-refractivity contribution is 8.01. The van der Waals surface area contributed by atoms with Gasteiger partial charge in [-0.3, -0.25) is 0 Å². The van der Waals surface area contributed by atoms with E-state index in [1.807, 2.05) is 24.6 Å². The molecule has 0 saturated heterocycles. The largest absolute Gasteiger partial charge is 0.396 e. The van der Waals surface area contributed by atoms with E-state index in [-0.39, 0.29) is 0 Å². The first-order chi connectivity index (χ1) is 8.78. The number of nitrogens with two attached hydrogens (primary N) is 1. The highest BCUT2D eigenvalue weighted by atomic mass is 32.2. The van der Waals surface area contributed by atoms with Crippen molar-refractivity contribution in [2.75, 3.05) is 5.73 Å². The van der Waals surface area contributed by atoms with E-state index in [4.69, 9.17) is 5.73 Å². The van der Waals surface area contributed by atoms with Gasteiger partial charge >= 0.3 is 0 Å². The number of anilines is 1. The molecule has 2 aromatic heterocycles. The highest BCUT2D eigenvalue weighted by Crippen LogP contribution is 2.37. The number of rotatable bonds is 3. The van der Waals surface area contributed by atoms with Crippen LogP contribution in [-0.2, 0) is 6.42 Å². The Kier molecular flexibility index (Phi) is 3.19. The Hall–Kier alpha value is -1.18. The molecule has 2 N–H and O–H groups in total. The minimum atomic E-state index is 0.729. The normalized spacial score (nSPS) is 11.2. The maximum absolute atomic E-state index is 6.13. The van der Waals surface area contributed by atoms with Crippen molar-refractivity contribution in [2.24, 2.45) is 0 Å². The lowest BCUT2D eigenvalue weighted by molar-refractivity contribution is 0.972. The van der Waals surface area contributed by atoms with E-state index < -0.39 is 0 Å². The number of aryl methyl sites for hydroxylation is 1. The van der Waals surface area contributed by atoms with Crippen molar-refractivity contribution in [3.8, 4) is 0 Å². The Labute approximate surface area is 116 Å². The minimum absolute atomic E-state index is 0.729. The zero-order valence-electron chi connectivity index (χ0n) is 9.58. The van der Waals surface area contributed by atoms with Crippen LogP contribution in [0.5, 0.6) is 0 Å². The van der Waals surface area contributed by atoms with Gasteiger partial charge in [0.1, 0.15) is 11.3 Å². The van der Waals surface area contributed by atoms with Crippen LogP contribution in [0.1, 0.15) is 12.7 Å². The molecule has 0 spiro atoms. The van der Waals surface area contributed by atoms with Crippen LogP contribution in [0.4, 0.5) is 5.69 Å². The molecule has 1 aromatic carbocycles. The lowest BCUT2D eigenvalue weighted by Crippen LogP contribution is -1.90. The van der Waals surface area contributed by atoms with Gasteiger partial charge in [-0.15, -0.1) is 11.3 Å². The maximum atomic E-state index is 6.13. The molecule has 0 fully saturated rings. The first-order valence-corrected chi connectivity index (χ1v) is 7.87. The summed E-state index contributed by atoms with van der Waals surface area (Å²) in [6.07, 6.45) is 0.859. The SMILES string of the molecule is CCc1nsc(Sc2ccc3scnc3c2N)n1. The molecule has 7 heteroatoms. The van der Waals surface area contributed by atoms with Crippen molar-refractivity contribution >= 4 is 50.5 Å². The molecule has 92 valence electrons. The lowest BCUT2D eigenvalue weighted by atomic mass is 10.3. The molecule has 0 bridgehead atoms. The molecule has 0 saturated carbocycles. The van der Waals surface area contributed by atoms with Gasteiger partial charge in [-0.1, -0.05) is 18.7 Å². The molecule has 2 heterocycles. The van der Waals surface area contributed by atoms with Gasteiger partial charge in [-0.25, -0.2) is 9.97 Å². The molecule has 0 aliphatic heterocycles. The van der Waals surface area contributed by atoms with Crippen molar-refractivity contribution < 1.29 is 0 Å². The van der Waals surface area contributed by atoms with E-state index in [1.165, 1.54) is 11.5 Å². The van der Waals surface area contributed by atoms with E-state index in [1.54, 1.807) is 23.1 Å². The summed E-state index contributed by atoms with van der Waals surface area (Å²) in [5.41, 5.74) is 9.55. The third-order valence-corrected chi connectivity index (χ3v) is 5.12. The van der Waals surface area contributed by atoms with Gasteiger partial charge in [0, 0.05) is 11.3 Å². The molecule has 0 aliphatic carbocycles. The predicted molar refractivity (Wildman–Crippen MR) is 77.4 cm³/mol. The third kappa shape index (κ3) is 2.09. The van der Waals surface area contributed by atoms with Gasteiger partial charge in [0.25, 0.3) is 0 Å². The van der Waals surface area contributed by atoms with Gasteiger partial charge in [0.15, 0.2) is 4.34 Å². The summed E-state index contributed by atoms with van der Waals surface area (Å²) in [6, 6.07) is 4.07. The molecule has 0 unspecified atom stereocenters. The Morgan fingerprint density at radius 3 is 3.06 bits per heavy atom. The average Bonchev–Trinajstić information content (AvgIpc) is 3.01. The second-order valence-electron chi connectivity index (χ2n) is 3.61. The molecule has 0 radical (unpaired) electrons. The fraction of sp³-hybridized carbons (Fsp3) is 0.182. The van der Waals surface area contributed by atoms with Crippen molar-refractivity contribution in [1.82, 2.24) is 14.3 Å². The van der Waals surface area contributed by atoms with Crippen LogP contribution < -0.4 is 5.73 Å². The fourth-order valence-electron chi connectivity index (χ4n) is 1.54. The van der Waals surface area contributed by atoms with Crippen molar-refractivity contribution in [3.63, 3.8) is 0 Å². The van der Waals surface area contributed by atoms with Gasteiger partial charge in [0.05, 0.1) is 15.9 Å². The second-order valence-corrected chi connectivity index (χ2v) is 6.54. The van der Waals surface area contributed by atoms with Crippen LogP contribution >= 0.6 is 34.6 Å². The van der Waals surface area contributed by atoms with E-state index in [9.17, 15) is 0 Å². The van der Waals surface area contributed by atoms with E-state index >= 15 is 0 Å². The average molecular weight is 294 g/mol. The Balaban J connectivity index is 1.96. The van der Waals surface area contributed by atoms with Crippen LogP contribution in [0.15, 0.2) is 26.9 Å². The van der Waals surface area contributed by atoms with Crippen molar-refractivity contribution in [3.05, 3.63) is 23.5 Å². The summed E-state index contributed by atoms with van der Waals surface area (Å²) >= 11 is 4.57. The monoisotopic (exact) mass is 294 g/mol. The zero-order chi connectivity index (χ0) is 12.5. The molecule has 4 nitrogen and oxygen atoms in total. The van der Waals surface area contributed by atoms with Gasteiger partial charge in [0.2, 0.25) is 0 Å². The zero-order valence-corrected chi connectivity index (χ0v) is 12.0. The number of nitrogens with zero attached hydrogens (tertiary/aromatic N) is 3. The molecule has 3 aromatic rings. The van der Waals surface area contributed by atoms with Crippen molar-refractivity contribution in [2.45, 2.75) is 22.6 Å². The van der Waals surface area contributed by atoms with E-state index in [2.05, 4.69) is 14.3 Å². The van der Waals surface area contributed by atoms with Gasteiger partial charge in [-0.05, 0) is 23.7 Å². The summed E-state index contributed by atoms with van der Waals surface area (Å²) in [7, 11) is 0. The number of aromatic nitrogens is 3. The van der Waals surface area contributed by atoms with Crippen LogP contribution in [0.25, 0.3) is 10.2 Å². The molecule has 0 atom stereocenters.